The predicted octanol–water partition coefficient (Wildman–Crippen LogP) is 18.4. The Morgan fingerprint density at radius 1 is 0.493 bits per heavy atom. The summed E-state index contributed by atoms with van der Waals surface area (Å²) in [6, 6.07) is -0.862. The molecule has 0 aliphatic carbocycles. The number of quaternary nitrogens is 1. The Morgan fingerprint density at radius 2 is 0.877 bits per heavy atom. The number of phosphoric ester groups is 1. The average Bonchev–Trinajstić information content (AvgIpc) is 3.35. The molecule has 424 valence electrons. The van der Waals surface area contributed by atoms with Gasteiger partial charge in [-0.05, 0) is 96.0 Å². The SMILES string of the molecule is CCCCC/C=C\C/C=C\C/C=C\CCCCCCCCC(=O)OC(/C=C/CCCCCCCCCCCCC)C(COP(=O)(O)OCC[N+](C)(C)C)NC(=O)CCCCCCCC/C=C/C=C/CCCCC. The number of rotatable bonds is 54. The quantitative estimate of drug-likeness (QED) is 0.0156. The van der Waals surface area contributed by atoms with Gasteiger partial charge in [0.25, 0.3) is 0 Å². The highest BCUT2D eigenvalue weighted by molar-refractivity contribution is 7.47. The standard InChI is InChI=1S/C63H115N2O7P/c1-7-10-13-16-19-22-25-28-30-31-32-33-35-38-41-44-47-50-53-56-63(67)72-61(54-51-48-45-42-39-36-27-24-21-18-15-12-9-3)60(59-71-73(68,69)70-58-57-65(4,5)6)64-62(66)55-52-49-46-43-40-37-34-29-26-23-20-17-14-11-8-2/h19-20,22-23,26,28-30,32-33,51,54,60-61H,7-18,21,24-25,27,31,34-50,52-53,55-59H2,1-6H3,(H-,64,66,68,69)/p+1/b22-19-,23-20+,29-26+,30-28-,33-32-,54-51+. The molecule has 0 heterocycles. The summed E-state index contributed by atoms with van der Waals surface area (Å²) in [5, 5.41) is 3.04. The van der Waals surface area contributed by atoms with Crippen molar-refractivity contribution in [1.29, 1.82) is 0 Å². The second-order valence-corrected chi connectivity index (χ2v) is 23.0. The van der Waals surface area contributed by atoms with Gasteiger partial charge >= 0.3 is 13.8 Å². The van der Waals surface area contributed by atoms with Crippen LogP contribution in [0.25, 0.3) is 0 Å². The van der Waals surface area contributed by atoms with E-state index in [1.165, 1.54) is 122 Å². The van der Waals surface area contributed by atoms with E-state index in [4.69, 9.17) is 13.8 Å². The van der Waals surface area contributed by atoms with Crippen molar-refractivity contribution >= 4 is 19.7 Å². The number of nitrogens with zero attached hydrogens (tertiary/aromatic N) is 1. The highest BCUT2D eigenvalue weighted by atomic mass is 31.2. The molecule has 0 saturated heterocycles. The summed E-state index contributed by atoms with van der Waals surface area (Å²) >= 11 is 0. The molecule has 10 heteroatoms. The van der Waals surface area contributed by atoms with Crippen LogP contribution in [0.5, 0.6) is 0 Å². The largest absolute Gasteiger partial charge is 0.472 e. The van der Waals surface area contributed by atoms with Gasteiger partial charge in [0.2, 0.25) is 5.91 Å². The minimum atomic E-state index is -4.46. The fourth-order valence-electron chi connectivity index (χ4n) is 8.41. The van der Waals surface area contributed by atoms with Gasteiger partial charge in [-0.15, -0.1) is 0 Å². The molecule has 0 aromatic heterocycles. The maximum atomic E-state index is 13.5. The van der Waals surface area contributed by atoms with Gasteiger partial charge in [-0.2, -0.15) is 0 Å². The summed E-state index contributed by atoms with van der Waals surface area (Å²) in [4.78, 5) is 37.7. The first-order valence-corrected chi connectivity index (χ1v) is 31.8. The van der Waals surface area contributed by atoms with Gasteiger partial charge in [0.05, 0.1) is 33.8 Å². The average molecular weight is 1040 g/mol. The van der Waals surface area contributed by atoms with Gasteiger partial charge < -0.3 is 19.4 Å². The third-order valence-electron chi connectivity index (χ3n) is 13.1. The lowest BCUT2D eigenvalue weighted by atomic mass is 10.0. The molecule has 0 rings (SSSR count). The van der Waals surface area contributed by atoms with Crippen LogP contribution in [-0.2, 0) is 27.9 Å². The van der Waals surface area contributed by atoms with Crippen LogP contribution in [0.3, 0.4) is 0 Å². The van der Waals surface area contributed by atoms with Crippen LogP contribution in [0.1, 0.15) is 265 Å². The summed E-state index contributed by atoms with van der Waals surface area (Å²) in [5.41, 5.74) is 0. The zero-order valence-corrected chi connectivity index (χ0v) is 49.3. The van der Waals surface area contributed by atoms with Crippen LogP contribution in [0.2, 0.25) is 0 Å². The number of allylic oxidation sites excluding steroid dienone is 11. The van der Waals surface area contributed by atoms with E-state index in [2.05, 4.69) is 86.8 Å². The maximum absolute atomic E-state index is 13.5. The van der Waals surface area contributed by atoms with Gasteiger partial charge in [-0.1, -0.05) is 229 Å². The molecule has 2 N–H and O–H groups in total. The number of hydrogen-bond donors (Lipinski definition) is 2. The van der Waals surface area contributed by atoms with E-state index in [9.17, 15) is 19.0 Å². The molecule has 0 aliphatic heterocycles. The molecule has 73 heavy (non-hydrogen) atoms. The van der Waals surface area contributed by atoms with E-state index in [0.717, 1.165) is 109 Å². The van der Waals surface area contributed by atoms with E-state index in [1.807, 2.05) is 33.3 Å². The van der Waals surface area contributed by atoms with Crippen LogP contribution < -0.4 is 5.32 Å². The van der Waals surface area contributed by atoms with E-state index in [-0.39, 0.29) is 31.5 Å². The minimum Gasteiger partial charge on any atom is -0.456 e. The lowest BCUT2D eigenvalue weighted by molar-refractivity contribution is -0.870. The second kappa shape index (κ2) is 52.9. The number of phosphoric acid groups is 1. The lowest BCUT2D eigenvalue weighted by Crippen LogP contribution is -2.47. The molecule has 3 unspecified atom stereocenters. The third kappa shape index (κ3) is 54.1. The first kappa shape index (κ1) is 70.5. The molecule has 0 fully saturated rings. The highest BCUT2D eigenvalue weighted by Gasteiger charge is 2.30. The van der Waals surface area contributed by atoms with Gasteiger partial charge in [-0.25, -0.2) is 4.57 Å². The first-order chi connectivity index (χ1) is 35.4. The lowest BCUT2D eigenvalue weighted by Gasteiger charge is -2.27. The van der Waals surface area contributed by atoms with Gasteiger partial charge in [0.1, 0.15) is 19.3 Å². The smallest absolute Gasteiger partial charge is 0.456 e. The highest BCUT2D eigenvalue weighted by Crippen LogP contribution is 2.43. The van der Waals surface area contributed by atoms with E-state index >= 15 is 0 Å². The van der Waals surface area contributed by atoms with Crippen molar-refractivity contribution in [2.24, 2.45) is 0 Å². The van der Waals surface area contributed by atoms with Crippen molar-refractivity contribution in [3.05, 3.63) is 72.9 Å². The van der Waals surface area contributed by atoms with Crippen LogP contribution in [0.4, 0.5) is 0 Å². The second-order valence-electron chi connectivity index (χ2n) is 21.5. The first-order valence-electron chi connectivity index (χ1n) is 30.3. The van der Waals surface area contributed by atoms with Crippen molar-refractivity contribution in [1.82, 2.24) is 5.32 Å². The molecule has 0 bridgehead atoms. The molecule has 1 amide bonds. The summed E-state index contributed by atoms with van der Waals surface area (Å²) in [7, 11) is 1.47. The predicted molar refractivity (Wildman–Crippen MR) is 314 cm³/mol. The Bertz CT molecular complexity index is 1480. The molecule has 0 spiro atoms. The number of likely N-dealkylation sites (N-methyl/N-ethyl adjacent to an activating group) is 1. The topological polar surface area (TPSA) is 111 Å². The van der Waals surface area contributed by atoms with Crippen molar-refractivity contribution < 1.29 is 37.3 Å². The zero-order valence-electron chi connectivity index (χ0n) is 48.4. The van der Waals surface area contributed by atoms with E-state index < -0.39 is 20.0 Å². The molecule has 0 aromatic carbocycles. The monoisotopic (exact) mass is 1040 g/mol. The molecule has 0 aromatic rings. The number of nitrogens with one attached hydrogen (secondary N) is 1. The maximum Gasteiger partial charge on any atom is 0.472 e. The zero-order chi connectivity index (χ0) is 53.6. The molecule has 0 aliphatic rings. The number of amides is 1. The Balaban J connectivity index is 5.36. The Hall–Kier alpha value is -2.55. The van der Waals surface area contributed by atoms with E-state index in [1.54, 1.807) is 0 Å². The van der Waals surface area contributed by atoms with Crippen LogP contribution in [0.15, 0.2) is 72.9 Å². The van der Waals surface area contributed by atoms with E-state index in [0.29, 0.717) is 17.4 Å². The number of ether oxygens (including phenoxy) is 1. The van der Waals surface area contributed by atoms with Crippen LogP contribution in [-0.4, -0.2) is 74.3 Å². The van der Waals surface area contributed by atoms with Crippen molar-refractivity contribution in [2.75, 3.05) is 40.9 Å². The van der Waals surface area contributed by atoms with Gasteiger partial charge in [-0.3, -0.25) is 18.6 Å². The van der Waals surface area contributed by atoms with Gasteiger partial charge in [0.15, 0.2) is 0 Å². The summed E-state index contributed by atoms with van der Waals surface area (Å²) in [5.74, 6) is -0.532. The summed E-state index contributed by atoms with van der Waals surface area (Å²) in [6.45, 7) is 6.94. The van der Waals surface area contributed by atoms with Crippen molar-refractivity contribution in [3.63, 3.8) is 0 Å². The number of hydrogen-bond acceptors (Lipinski definition) is 6. The van der Waals surface area contributed by atoms with Crippen molar-refractivity contribution in [3.8, 4) is 0 Å². The Morgan fingerprint density at radius 3 is 1.36 bits per heavy atom. The molecule has 0 radical (unpaired) electrons. The minimum absolute atomic E-state index is 0.0332. The number of carbonyl (C=O) groups excluding carboxylic acids is 2. The Labute approximate surface area is 451 Å². The number of carbonyl (C=O) groups is 2. The molecular weight excluding hydrogens is 928 g/mol. The normalized spacial score (nSPS) is 14.2. The van der Waals surface area contributed by atoms with Crippen LogP contribution >= 0.6 is 7.82 Å². The van der Waals surface area contributed by atoms with Gasteiger partial charge in [0, 0.05) is 12.8 Å². The number of unbranched alkanes of at least 4 members (excludes halogenated alkanes) is 29. The Kier molecular flexibility index (Phi) is 51.0. The fourth-order valence-corrected chi connectivity index (χ4v) is 9.14. The molecular formula is C63H116N2O7P+. The van der Waals surface area contributed by atoms with Crippen LogP contribution in [0, 0.1) is 0 Å². The molecule has 9 nitrogen and oxygen atoms in total. The molecule has 0 saturated carbocycles. The third-order valence-corrected chi connectivity index (χ3v) is 14.1. The summed E-state index contributed by atoms with van der Waals surface area (Å²) < 4.78 is 30.7. The van der Waals surface area contributed by atoms with Crippen molar-refractivity contribution in [2.45, 2.75) is 277 Å². The number of esters is 1. The molecule has 3 atom stereocenters. The fraction of sp³-hybridized carbons (Fsp3) is 0.778. The summed E-state index contributed by atoms with van der Waals surface area (Å²) in [6.07, 6.45) is 67.4.